The van der Waals surface area contributed by atoms with E-state index in [4.69, 9.17) is 5.26 Å². The molecule has 0 radical (unpaired) electrons. The Morgan fingerprint density at radius 1 is 1.53 bits per heavy atom. The van der Waals surface area contributed by atoms with Crippen LogP contribution < -0.4 is 4.90 Å². The summed E-state index contributed by atoms with van der Waals surface area (Å²) >= 11 is 0. The van der Waals surface area contributed by atoms with Gasteiger partial charge in [-0.15, -0.1) is 0 Å². The first-order chi connectivity index (χ1) is 7.31. The number of anilines is 1. The van der Waals surface area contributed by atoms with Crippen LogP contribution in [-0.4, -0.2) is 28.8 Å². The molecule has 1 aromatic rings. The van der Waals surface area contributed by atoms with Gasteiger partial charge in [0.25, 0.3) is 0 Å². The largest absolute Gasteiger partial charge is 0.348 e. The lowest BCUT2D eigenvalue weighted by atomic mass is 10.1. The molecular formula is C10H10N4O. The summed E-state index contributed by atoms with van der Waals surface area (Å²) in [5, 5.41) is 8.87. The van der Waals surface area contributed by atoms with Gasteiger partial charge in [-0.1, -0.05) is 0 Å². The lowest BCUT2D eigenvalue weighted by molar-refractivity contribution is -0.118. The number of carbonyl (C=O) groups excluding carboxylic acids is 1. The highest BCUT2D eigenvalue weighted by molar-refractivity contribution is 5.84. The van der Waals surface area contributed by atoms with Crippen LogP contribution in [0.4, 0.5) is 5.82 Å². The second-order valence-corrected chi connectivity index (χ2v) is 3.44. The van der Waals surface area contributed by atoms with E-state index < -0.39 is 0 Å². The third kappa shape index (κ3) is 1.94. The van der Waals surface area contributed by atoms with E-state index >= 15 is 0 Å². The van der Waals surface area contributed by atoms with Crippen LogP contribution >= 0.6 is 0 Å². The van der Waals surface area contributed by atoms with E-state index in [2.05, 4.69) is 9.97 Å². The summed E-state index contributed by atoms with van der Waals surface area (Å²) in [5.41, 5.74) is 0.423. The van der Waals surface area contributed by atoms with Gasteiger partial charge in [-0.3, -0.25) is 4.79 Å². The van der Waals surface area contributed by atoms with Crippen LogP contribution in [0.5, 0.6) is 0 Å². The van der Waals surface area contributed by atoms with E-state index in [0.717, 1.165) is 13.0 Å². The van der Waals surface area contributed by atoms with Gasteiger partial charge in [-0.2, -0.15) is 5.26 Å². The van der Waals surface area contributed by atoms with Crippen LogP contribution in [0.3, 0.4) is 0 Å². The minimum atomic E-state index is 0.198. The van der Waals surface area contributed by atoms with Gasteiger partial charge in [0.2, 0.25) is 0 Å². The first-order valence-corrected chi connectivity index (χ1v) is 4.78. The lowest BCUT2D eigenvalue weighted by Gasteiger charge is -2.26. The summed E-state index contributed by atoms with van der Waals surface area (Å²) in [7, 11) is 0. The third-order valence-corrected chi connectivity index (χ3v) is 2.36. The molecule has 1 fully saturated rings. The molecule has 0 aliphatic carbocycles. The number of hydrogen-bond acceptors (Lipinski definition) is 5. The van der Waals surface area contributed by atoms with Crippen molar-refractivity contribution >= 4 is 11.6 Å². The van der Waals surface area contributed by atoms with Crippen molar-refractivity contribution in [1.29, 1.82) is 5.26 Å². The first kappa shape index (κ1) is 9.59. The predicted octanol–water partition coefficient (Wildman–Crippen LogP) is 0.518. The molecule has 2 rings (SSSR count). The van der Waals surface area contributed by atoms with Crippen molar-refractivity contribution in [2.75, 3.05) is 18.0 Å². The van der Waals surface area contributed by atoms with Crippen molar-refractivity contribution in [2.45, 2.75) is 12.8 Å². The van der Waals surface area contributed by atoms with Crippen LogP contribution in [0.1, 0.15) is 18.4 Å². The molecule has 0 amide bonds. The van der Waals surface area contributed by atoms with Crippen LogP contribution in [-0.2, 0) is 4.79 Å². The molecule has 0 aromatic carbocycles. The fourth-order valence-electron chi connectivity index (χ4n) is 1.67. The monoisotopic (exact) mass is 202 g/mol. The van der Waals surface area contributed by atoms with Crippen LogP contribution in [0.15, 0.2) is 12.5 Å². The highest BCUT2D eigenvalue weighted by atomic mass is 16.1. The molecule has 0 bridgehead atoms. The Hall–Kier alpha value is -1.96. The smallest absolute Gasteiger partial charge is 0.152 e. The summed E-state index contributed by atoms with van der Waals surface area (Å²) in [5.74, 6) is 0.768. The van der Waals surface area contributed by atoms with Crippen molar-refractivity contribution in [3.63, 3.8) is 0 Å². The van der Waals surface area contributed by atoms with Crippen molar-refractivity contribution in [3.05, 3.63) is 18.1 Å². The molecule has 0 spiro atoms. The Bertz CT molecular complexity index is 424. The number of Topliss-reactive ketones (excluding diaryl/α,β-unsaturated/α-hetero) is 1. The van der Waals surface area contributed by atoms with E-state index in [1.807, 2.05) is 11.0 Å². The molecule has 1 aliphatic rings. The first-order valence-electron chi connectivity index (χ1n) is 4.78. The molecule has 0 unspecified atom stereocenters. The molecule has 76 valence electrons. The maximum atomic E-state index is 11.3. The molecule has 2 heterocycles. The zero-order valence-electron chi connectivity index (χ0n) is 8.18. The number of piperidine rings is 1. The molecule has 1 aromatic heterocycles. The van der Waals surface area contributed by atoms with E-state index in [9.17, 15) is 4.79 Å². The van der Waals surface area contributed by atoms with E-state index in [1.54, 1.807) is 0 Å². The van der Waals surface area contributed by atoms with Crippen molar-refractivity contribution < 1.29 is 4.79 Å². The number of rotatable bonds is 1. The number of hydrogen-bond donors (Lipinski definition) is 0. The van der Waals surface area contributed by atoms with Gasteiger partial charge in [0.1, 0.15) is 23.8 Å². The maximum Gasteiger partial charge on any atom is 0.152 e. The minimum absolute atomic E-state index is 0.198. The quantitative estimate of drug-likeness (QED) is 0.663. The molecule has 1 saturated heterocycles. The SMILES string of the molecule is N#Cc1cncnc1N1CCCC(=O)C1. The van der Waals surface area contributed by atoms with Gasteiger partial charge >= 0.3 is 0 Å². The van der Waals surface area contributed by atoms with Crippen molar-refractivity contribution in [2.24, 2.45) is 0 Å². The number of ketones is 1. The normalized spacial score (nSPS) is 16.2. The second-order valence-electron chi connectivity index (χ2n) is 3.44. The number of aromatic nitrogens is 2. The van der Waals surface area contributed by atoms with Crippen LogP contribution in [0.25, 0.3) is 0 Å². The number of nitriles is 1. The molecule has 15 heavy (non-hydrogen) atoms. The summed E-state index contributed by atoms with van der Waals surface area (Å²) < 4.78 is 0. The highest BCUT2D eigenvalue weighted by Gasteiger charge is 2.20. The highest BCUT2D eigenvalue weighted by Crippen LogP contribution is 2.18. The molecule has 5 heteroatoms. The Labute approximate surface area is 87.4 Å². The lowest BCUT2D eigenvalue weighted by Crippen LogP contribution is -2.36. The predicted molar refractivity (Wildman–Crippen MR) is 53.2 cm³/mol. The van der Waals surface area contributed by atoms with Crippen molar-refractivity contribution in [3.8, 4) is 6.07 Å². The van der Waals surface area contributed by atoms with Gasteiger partial charge in [-0.25, -0.2) is 9.97 Å². The van der Waals surface area contributed by atoms with Gasteiger partial charge in [-0.05, 0) is 6.42 Å². The summed E-state index contributed by atoms with van der Waals surface area (Å²) in [4.78, 5) is 21.0. The molecular weight excluding hydrogens is 192 g/mol. The van der Waals surface area contributed by atoms with Crippen molar-refractivity contribution in [1.82, 2.24) is 9.97 Å². The van der Waals surface area contributed by atoms with Gasteiger partial charge in [0.05, 0.1) is 12.7 Å². The Morgan fingerprint density at radius 2 is 2.40 bits per heavy atom. The van der Waals surface area contributed by atoms with E-state index in [-0.39, 0.29) is 5.78 Å². The van der Waals surface area contributed by atoms with Gasteiger partial charge in [0, 0.05) is 13.0 Å². The van der Waals surface area contributed by atoms with Gasteiger partial charge in [0.15, 0.2) is 5.78 Å². The second kappa shape index (κ2) is 4.05. The Kier molecular flexibility index (Phi) is 2.59. The number of nitrogens with zero attached hydrogens (tertiary/aromatic N) is 4. The average Bonchev–Trinajstić information content (AvgIpc) is 2.29. The zero-order valence-corrected chi connectivity index (χ0v) is 8.18. The van der Waals surface area contributed by atoms with Crippen LogP contribution in [0.2, 0.25) is 0 Å². The Balaban J connectivity index is 2.29. The minimum Gasteiger partial charge on any atom is -0.348 e. The average molecular weight is 202 g/mol. The molecule has 0 saturated carbocycles. The Morgan fingerprint density at radius 3 is 3.13 bits per heavy atom. The molecule has 0 atom stereocenters. The van der Waals surface area contributed by atoms with Crippen LogP contribution in [0, 0.1) is 11.3 Å². The molecule has 0 N–H and O–H groups in total. The van der Waals surface area contributed by atoms with E-state index in [1.165, 1.54) is 12.5 Å². The molecule has 1 aliphatic heterocycles. The van der Waals surface area contributed by atoms with E-state index in [0.29, 0.717) is 24.3 Å². The fraction of sp³-hybridized carbons (Fsp3) is 0.400. The summed E-state index contributed by atoms with van der Waals surface area (Å²) in [6.07, 6.45) is 4.33. The topological polar surface area (TPSA) is 69.9 Å². The third-order valence-electron chi connectivity index (χ3n) is 2.36. The maximum absolute atomic E-state index is 11.3. The fourth-order valence-corrected chi connectivity index (χ4v) is 1.67. The summed E-state index contributed by atoms with van der Waals surface area (Å²) in [6, 6.07) is 2.03. The van der Waals surface area contributed by atoms with Gasteiger partial charge < -0.3 is 4.90 Å². The molecule has 5 nitrogen and oxygen atoms in total. The summed E-state index contributed by atoms with van der Waals surface area (Å²) in [6.45, 7) is 1.13. The zero-order chi connectivity index (χ0) is 10.7. The standard InChI is InChI=1S/C10H10N4O/c11-4-8-5-12-7-13-10(8)14-3-1-2-9(15)6-14/h5,7H,1-3,6H2. The number of carbonyl (C=O) groups is 1.